The first-order valence-electron chi connectivity index (χ1n) is 7.04. The summed E-state index contributed by atoms with van der Waals surface area (Å²) in [6.07, 6.45) is 0. The summed E-state index contributed by atoms with van der Waals surface area (Å²) in [4.78, 5) is 11.8. The van der Waals surface area contributed by atoms with Crippen LogP contribution in [0.3, 0.4) is 0 Å². The van der Waals surface area contributed by atoms with E-state index in [1.54, 1.807) is 18.2 Å². The van der Waals surface area contributed by atoms with E-state index >= 15 is 0 Å². The second kappa shape index (κ2) is 6.79. The third-order valence-corrected chi connectivity index (χ3v) is 3.22. The van der Waals surface area contributed by atoms with Gasteiger partial charge in [0.1, 0.15) is 5.75 Å². The van der Waals surface area contributed by atoms with Gasteiger partial charge < -0.3 is 15.7 Å². The van der Waals surface area contributed by atoms with E-state index < -0.39 is 0 Å². The van der Waals surface area contributed by atoms with Gasteiger partial charge in [0.05, 0.1) is 0 Å². The highest BCUT2D eigenvalue weighted by molar-refractivity contribution is 5.95. The zero-order valence-electron chi connectivity index (χ0n) is 12.3. The Bertz CT molecular complexity index is 626. The molecule has 3 N–H and O–H groups in total. The minimum atomic E-state index is -0.0776. The number of phenols is 1. The number of phenolic OH excluding ortho intramolecular Hbond substituents is 1. The fourth-order valence-electron chi connectivity index (χ4n) is 2.14. The molecule has 2 rings (SSSR count). The van der Waals surface area contributed by atoms with Crippen LogP contribution in [0.5, 0.6) is 5.75 Å². The number of benzene rings is 2. The molecule has 2 aromatic rings. The molecule has 0 radical (unpaired) electrons. The predicted octanol–water partition coefficient (Wildman–Crippen LogP) is 3.32. The highest BCUT2D eigenvalue weighted by Crippen LogP contribution is 2.22. The zero-order chi connectivity index (χ0) is 15.2. The number of nitrogens with one attached hydrogen (secondary N) is 2. The Labute approximate surface area is 124 Å². The van der Waals surface area contributed by atoms with Crippen molar-refractivity contribution in [2.75, 3.05) is 11.9 Å². The fraction of sp³-hybridized carbons (Fsp3) is 0.235. The maximum Gasteiger partial charge on any atom is 0.251 e. The Hall–Kier alpha value is -2.49. The zero-order valence-corrected chi connectivity index (χ0v) is 12.3. The molecule has 0 saturated heterocycles. The van der Waals surface area contributed by atoms with Gasteiger partial charge in [0.15, 0.2) is 0 Å². The van der Waals surface area contributed by atoms with E-state index in [0.29, 0.717) is 12.1 Å². The lowest BCUT2D eigenvalue weighted by molar-refractivity contribution is 0.0956. The van der Waals surface area contributed by atoms with E-state index in [0.717, 1.165) is 11.3 Å². The van der Waals surface area contributed by atoms with Gasteiger partial charge in [-0.15, -0.1) is 0 Å². The van der Waals surface area contributed by atoms with E-state index in [-0.39, 0.29) is 17.7 Å². The van der Waals surface area contributed by atoms with Crippen LogP contribution in [0.4, 0.5) is 5.69 Å². The van der Waals surface area contributed by atoms with Crippen molar-refractivity contribution in [3.8, 4) is 5.75 Å². The molecule has 0 saturated carbocycles. The number of carbonyl (C=O) groups excluding carboxylic acids is 1. The van der Waals surface area contributed by atoms with Gasteiger partial charge >= 0.3 is 0 Å². The first-order valence-corrected chi connectivity index (χ1v) is 7.04. The molecule has 0 spiro atoms. The summed E-state index contributed by atoms with van der Waals surface area (Å²) in [6.45, 7) is 4.51. The molecule has 1 amide bonds. The average molecular weight is 284 g/mol. The quantitative estimate of drug-likeness (QED) is 0.789. The Morgan fingerprint density at radius 2 is 1.95 bits per heavy atom. The Balaban J connectivity index is 2.12. The van der Waals surface area contributed by atoms with Crippen LogP contribution in [0.15, 0.2) is 48.5 Å². The second-order valence-corrected chi connectivity index (χ2v) is 4.90. The standard InChI is InChI=1S/C17H20N2O2/c1-3-18-17(21)14-7-4-8-15(10-14)19-12(2)13-6-5-9-16(20)11-13/h4-12,19-20H,3H2,1-2H3,(H,18,21). The number of aromatic hydroxyl groups is 1. The number of anilines is 1. The molecule has 0 heterocycles. The topological polar surface area (TPSA) is 61.4 Å². The highest BCUT2D eigenvalue weighted by Gasteiger charge is 2.08. The minimum absolute atomic E-state index is 0.0292. The average Bonchev–Trinajstić information content (AvgIpc) is 2.48. The molecule has 1 unspecified atom stereocenters. The van der Waals surface area contributed by atoms with E-state index in [9.17, 15) is 9.90 Å². The molecule has 21 heavy (non-hydrogen) atoms. The van der Waals surface area contributed by atoms with E-state index in [4.69, 9.17) is 0 Å². The van der Waals surface area contributed by atoms with Crippen LogP contribution < -0.4 is 10.6 Å². The molecule has 0 fully saturated rings. The van der Waals surface area contributed by atoms with Crippen LogP contribution in [0.25, 0.3) is 0 Å². The van der Waals surface area contributed by atoms with E-state index in [1.165, 1.54) is 0 Å². The maximum atomic E-state index is 11.8. The summed E-state index contributed by atoms with van der Waals surface area (Å²) in [5.41, 5.74) is 2.48. The van der Waals surface area contributed by atoms with Gasteiger partial charge in [0.25, 0.3) is 5.91 Å². The molecule has 0 bridgehead atoms. The van der Waals surface area contributed by atoms with Gasteiger partial charge in [-0.3, -0.25) is 4.79 Å². The Morgan fingerprint density at radius 3 is 2.67 bits per heavy atom. The molecule has 4 heteroatoms. The normalized spacial score (nSPS) is 11.7. The largest absolute Gasteiger partial charge is 0.508 e. The molecular weight excluding hydrogens is 264 g/mol. The number of hydrogen-bond donors (Lipinski definition) is 3. The summed E-state index contributed by atoms with van der Waals surface area (Å²) in [5, 5.41) is 15.6. The van der Waals surface area contributed by atoms with Crippen molar-refractivity contribution in [1.82, 2.24) is 5.32 Å². The van der Waals surface area contributed by atoms with Gasteiger partial charge in [-0.2, -0.15) is 0 Å². The lowest BCUT2D eigenvalue weighted by atomic mass is 10.1. The summed E-state index contributed by atoms with van der Waals surface area (Å²) < 4.78 is 0. The van der Waals surface area contributed by atoms with Gasteiger partial charge in [-0.1, -0.05) is 18.2 Å². The first-order chi connectivity index (χ1) is 10.1. The summed E-state index contributed by atoms with van der Waals surface area (Å²) >= 11 is 0. The second-order valence-electron chi connectivity index (χ2n) is 4.90. The van der Waals surface area contributed by atoms with Crippen molar-refractivity contribution in [2.45, 2.75) is 19.9 Å². The SMILES string of the molecule is CCNC(=O)c1cccc(NC(C)c2cccc(O)c2)c1. The van der Waals surface area contributed by atoms with Gasteiger partial charge in [-0.05, 0) is 49.7 Å². The van der Waals surface area contributed by atoms with Crippen molar-refractivity contribution in [2.24, 2.45) is 0 Å². The lowest BCUT2D eigenvalue weighted by Gasteiger charge is -2.16. The van der Waals surface area contributed by atoms with Crippen molar-refractivity contribution in [1.29, 1.82) is 0 Å². The van der Waals surface area contributed by atoms with Crippen molar-refractivity contribution in [3.63, 3.8) is 0 Å². The van der Waals surface area contributed by atoms with Crippen molar-refractivity contribution in [3.05, 3.63) is 59.7 Å². The molecule has 1 atom stereocenters. The summed E-state index contributed by atoms with van der Waals surface area (Å²) in [5.74, 6) is 0.170. The van der Waals surface area contributed by atoms with E-state index in [2.05, 4.69) is 10.6 Å². The van der Waals surface area contributed by atoms with Crippen LogP contribution in [-0.2, 0) is 0 Å². The number of carbonyl (C=O) groups is 1. The van der Waals surface area contributed by atoms with Gasteiger partial charge in [0, 0.05) is 23.8 Å². The summed E-state index contributed by atoms with van der Waals surface area (Å²) in [6, 6.07) is 14.5. The van der Waals surface area contributed by atoms with Crippen LogP contribution in [0, 0.1) is 0 Å². The van der Waals surface area contributed by atoms with Crippen LogP contribution in [0.2, 0.25) is 0 Å². The molecule has 2 aromatic carbocycles. The molecule has 0 aliphatic rings. The Morgan fingerprint density at radius 1 is 1.19 bits per heavy atom. The predicted molar refractivity (Wildman–Crippen MR) is 84.6 cm³/mol. The first kappa shape index (κ1) is 14.9. The fourth-order valence-corrected chi connectivity index (χ4v) is 2.14. The van der Waals surface area contributed by atoms with Gasteiger partial charge in [-0.25, -0.2) is 0 Å². The van der Waals surface area contributed by atoms with Crippen molar-refractivity contribution < 1.29 is 9.90 Å². The van der Waals surface area contributed by atoms with E-state index in [1.807, 2.05) is 44.2 Å². The van der Waals surface area contributed by atoms with Crippen LogP contribution in [0.1, 0.15) is 35.8 Å². The molecule has 0 aromatic heterocycles. The number of amides is 1. The molecule has 4 nitrogen and oxygen atoms in total. The Kier molecular flexibility index (Phi) is 4.82. The minimum Gasteiger partial charge on any atom is -0.508 e. The third-order valence-electron chi connectivity index (χ3n) is 3.22. The molecule has 0 aliphatic heterocycles. The van der Waals surface area contributed by atoms with Crippen LogP contribution >= 0.6 is 0 Å². The molecule has 0 aliphatic carbocycles. The monoisotopic (exact) mass is 284 g/mol. The maximum absolute atomic E-state index is 11.8. The van der Waals surface area contributed by atoms with Crippen molar-refractivity contribution >= 4 is 11.6 Å². The molecular formula is C17H20N2O2. The number of rotatable bonds is 5. The highest BCUT2D eigenvalue weighted by atomic mass is 16.3. The van der Waals surface area contributed by atoms with Crippen LogP contribution in [-0.4, -0.2) is 17.6 Å². The molecule has 110 valence electrons. The smallest absolute Gasteiger partial charge is 0.251 e. The summed E-state index contributed by atoms with van der Waals surface area (Å²) in [7, 11) is 0. The van der Waals surface area contributed by atoms with Gasteiger partial charge in [0.2, 0.25) is 0 Å². The lowest BCUT2D eigenvalue weighted by Crippen LogP contribution is -2.22. The third kappa shape index (κ3) is 3.99. The number of hydrogen-bond acceptors (Lipinski definition) is 3.